The van der Waals surface area contributed by atoms with E-state index in [1.807, 2.05) is 41.8 Å². The van der Waals surface area contributed by atoms with Crippen LogP contribution < -0.4 is 15.0 Å². The second kappa shape index (κ2) is 9.76. The van der Waals surface area contributed by atoms with E-state index in [2.05, 4.69) is 23.1 Å². The summed E-state index contributed by atoms with van der Waals surface area (Å²) in [4.78, 5) is 21.6. The number of thiophene rings is 1. The minimum Gasteiger partial charge on any atom is -0.490 e. The van der Waals surface area contributed by atoms with E-state index < -0.39 is 0 Å². The predicted octanol–water partition coefficient (Wildman–Crippen LogP) is 5.15. The van der Waals surface area contributed by atoms with Crippen LogP contribution in [-0.2, 0) is 13.1 Å². The normalized spacial score (nSPS) is 17.7. The van der Waals surface area contributed by atoms with Gasteiger partial charge in [0.05, 0.1) is 31.2 Å². The van der Waals surface area contributed by atoms with Crippen molar-refractivity contribution in [1.29, 1.82) is 5.26 Å². The van der Waals surface area contributed by atoms with Gasteiger partial charge in [0, 0.05) is 23.4 Å². The third-order valence-corrected chi connectivity index (χ3v) is 7.82. The highest BCUT2D eigenvalue weighted by Gasteiger charge is 2.29. The van der Waals surface area contributed by atoms with Crippen LogP contribution in [-0.4, -0.2) is 34.2 Å². The summed E-state index contributed by atoms with van der Waals surface area (Å²) in [5.74, 6) is 2.23. The number of benzene rings is 2. The Bertz CT molecular complexity index is 1510. The molecule has 1 fully saturated rings. The van der Waals surface area contributed by atoms with Crippen molar-refractivity contribution in [1.82, 2.24) is 14.5 Å². The van der Waals surface area contributed by atoms with E-state index in [9.17, 15) is 10.1 Å². The highest BCUT2D eigenvalue weighted by Crippen LogP contribution is 2.39. The van der Waals surface area contributed by atoms with Crippen molar-refractivity contribution in [2.24, 2.45) is 0 Å². The molecule has 2 aromatic heterocycles. The number of hydrogen-bond acceptors (Lipinski definition) is 7. The maximum Gasteiger partial charge on any atom is 0.263 e. The van der Waals surface area contributed by atoms with Crippen LogP contribution in [0.5, 0.6) is 11.5 Å². The fourth-order valence-corrected chi connectivity index (χ4v) is 6.17. The van der Waals surface area contributed by atoms with Gasteiger partial charge < -0.3 is 9.47 Å². The molecular weight excluding hydrogens is 472 g/mol. The molecular formula is C28H26N4O3S. The number of hydrogen-bond donors (Lipinski definition) is 0. The van der Waals surface area contributed by atoms with Crippen molar-refractivity contribution in [2.75, 3.05) is 19.8 Å². The first kappa shape index (κ1) is 22.8. The third-order valence-electron chi connectivity index (χ3n) is 6.95. The van der Waals surface area contributed by atoms with E-state index >= 15 is 0 Å². The second-order valence-electron chi connectivity index (χ2n) is 9.16. The number of rotatable bonds is 5. The zero-order valence-electron chi connectivity index (χ0n) is 19.9. The van der Waals surface area contributed by atoms with Crippen molar-refractivity contribution >= 4 is 21.6 Å². The fourth-order valence-electron chi connectivity index (χ4n) is 5.21. The summed E-state index contributed by atoms with van der Waals surface area (Å²) in [6, 6.07) is 18.4. The van der Waals surface area contributed by atoms with Gasteiger partial charge in [-0.15, -0.1) is 11.3 Å². The van der Waals surface area contributed by atoms with E-state index in [4.69, 9.17) is 14.5 Å². The minimum absolute atomic E-state index is 0.0241. The third kappa shape index (κ3) is 4.15. The molecule has 1 unspecified atom stereocenters. The average Bonchev–Trinajstić information content (AvgIpc) is 3.47. The molecule has 0 amide bonds. The molecule has 0 aliphatic carbocycles. The first-order valence-electron chi connectivity index (χ1n) is 12.3. The molecule has 6 rings (SSSR count). The number of ether oxygens (including phenoxy) is 2. The highest BCUT2D eigenvalue weighted by atomic mass is 32.1. The summed E-state index contributed by atoms with van der Waals surface area (Å²) in [7, 11) is 0. The summed E-state index contributed by atoms with van der Waals surface area (Å²) >= 11 is 1.48. The molecule has 0 bridgehead atoms. The van der Waals surface area contributed by atoms with E-state index in [0.717, 1.165) is 53.3 Å². The molecule has 182 valence electrons. The Morgan fingerprint density at radius 1 is 1.08 bits per heavy atom. The molecule has 0 saturated carbocycles. The number of fused-ring (bicyclic) bond motifs is 2. The Hall–Kier alpha value is -3.67. The number of likely N-dealkylation sites (tertiary alicyclic amines) is 1. The smallest absolute Gasteiger partial charge is 0.263 e. The largest absolute Gasteiger partial charge is 0.490 e. The zero-order valence-corrected chi connectivity index (χ0v) is 20.7. The molecule has 36 heavy (non-hydrogen) atoms. The van der Waals surface area contributed by atoms with Crippen LogP contribution in [0.1, 0.15) is 36.7 Å². The molecule has 2 aliphatic heterocycles. The lowest BCUT2D eigenvalue weighted by molar-refractivity contribution is 0.237. The first-order chi connectivity index (χ1) is 17.7. The summed E-state index contributed by atoms with van der Waals surface area (Å²) < 4.78 is 13.3. The molecule has 1 saturated heterocycles. The molecule has 2 aromatic carbocycles. The van der Waals surface area contributed by atoms with Gasteiger partial charge in [-0.05, 0) is 42.6 Å². The Morgan fingerprint density at radius 2 is 1.92 bits per heavy atom. The van der Waals surface area contributed by atoms with Crippen LogP contribution >= 0.6 is 11.3 Å². The molecule has 0 radical (unpaired) electrons. The number of nitrogens with zero attached hydrogens (tertiary/aromatic N) is 4. The van der Waals surface area contributed by atoms with Gasteiger partial charge in [-0.2, -0.15) is 5.26 Å². The summed E-state index contributed by atoms with van der Waals surface area (Å²) in [6.45, 7) is 2.70. The summed E-state index contributed by atoms with van der Waals surface area (Å²) in [6.07, 6.45) is 2.95. The van der Waals surface area contributed by atoms with Crippen LogP contribution in [0, 0.1) is 11.3 Å². The lowest BCUT2D eigenvalue weighted by Gasteiger charge is -2.26. The molecule has 4 aromatic rings. The quantitative estimate of drug-likeness (QED) is 0.379. The molecule has 1 atom stereocenters. The Morgan fingerprint density at radius 3 is 2.75 bits per heavy atom. The van der Waals surface area contributed by atoms with Crippen molar-refractivity contribution in [2.45, 2.75) is 38.4 Å². The second-order valence-corrected chi connectivity index (χ2v) is 10.0. The van der Waals surface area contributed by atoms with E-state index in [1.54, 1.807) is 4.57 Å². The predicted molar refractivity (Wildman–Crippen MR) is 139 cm³/mol. The average molecular weight is 499 g/mol. The lowest BCUT2D eigenvalue weighted by Crippen LogP contribution is -2.31. The van der Waals surface area contributed by atoms with Crippen molar-refractivity contribution < 1.29 is 9.47 Å². The van der Waals surface area contributed by atoms with Gasteiger partial charge in [0.1, 0.15) is 17.2 Å². The Labute approximate surface area is 213 Å². The van der Waals surface area contributed by atoms with Gasteiger partial charge >= 0.3 is 0 Å². The van der Waals surface area contributed by atoms with Crippen LogP contribution in [0.2, 0.25) is 0 Å². The fraction of sp³-hybridized carbons (Fsp3) is 0.321. The van der Waals surface area contributed by atoms with Crippen LogP contribution in [0.3, 0.4) is 0 Å². The van der Waals surface area contributed by atoms with E-state index in [-0.39, 0.29) is 18.1 Å². The minimum atomic E-state index is -0.150. The molecule has 4 heterocycles. The first-order valence-corrected chi connectivity index (χ1v) is 13.2. The van der Waals surface area contributed by atoms with E-state index in [0.29, 0.717) is 31.0 Å². The molecule has 8 heteroatoms. The van der Waals surface area contributed by atoms with Gasteiger partial charge in [-0.25, -0.2) is 4.98 Å². The lowest BCUT2D eigenvalue weighted by atomic mass is 10.0. The van der Waals surface area contributed by atoms with Crippen LogP contribution in [0.25, 0.3) is 21.3 Å². The number of aromatic nitrogens is 2. The maximum atomic E-state index is 13.6. The Kier molecular flexibility index (Phi) is 6.18. The SMILES string of the molecule is N#CCn1c(CN2CCCC2c2ccc3c(c2)OCCCO3)nc2scc(-c3ccccc3)c2c1=O. The maximum absolute atomic E-state index is 13.6. The van der Waals surface area contributed by atoms with Gasteiger partial charge in [0.2, 0.25) is 0 Å². The topological polar surface area (TPSA) is 80.4 Å². The van der Waals surface area contributed by atoms with Gasteiger partial charge in [0.15, 0.2) is 11.5 Å². The molecule has 7 nitrogen and oxygen atoms in total. The molecule has 2 aliphatic rings. The molecule has 0 spiro atoms. The summed E-state index contributed by atoms with van der Waals surface area (Å²) in [5, 5.41) is 12.1. The van der Waals surface area contributed by atoms with Gasteiger partial charge in [-0.1, -0.05) is 36.4 Å². The monoisotopic (exact) mass is 498 g/mol. The highest BCUT2D eigenvalue weighted by molar-refractivity contribution is 7.17. The van der Waals surface area contributed by atoms with Crippen molar-refractivity contribution in [3.05, 3.63) is 75.7 Å². The van der Waals surface area contributed by atoms with Crippen LogP contribution in [0.4, 0.5) is 0 Å². The van der Waals surface area contributed by atoms with E-state index in [1.165, 1.54) is 16.9 Å². The van der Waals surface area contributed by atoms with Crippen molar-refractivity contribution in [3.63, 3.8) is 0 Å². The van der Waals surface area contributed by atoms with Gasteiger partial charge in [-0.3, -0.25) is 14.3 Å². The standard InChI is InChI=1S/C28H26N4O3S/c29-11-13-32-25(30-27-26(28(32)33)21(18-36-27)19-6-2-1-3-7-19)17-31-12-4-8-22(31)20-9-10-23-24(16-20)35-15-5-14-34-23/h1-3,6-7,9-10,16,18,22H,4-5,8,12-15,17H2. The van der Waals surface area contributed by atoms with Crippen molar-refractivity contribution in [3.8, 4) is 28.7 Å². The van der Waals surface area contributed by atoms with Crippen LogP contribution in [0.15, 0.2) is 58.7 Å². The number of nitriles is 1. The summed E-state index contributed by atoms with van der Waals surface area (Å²) in [5.41, 5.74) is 2.88. The van der Waals surface area contributed by atoms with Gasteiger partial charge in [0.25, 0.3) is 5.56 Å². The molecule has 0 N–H and O–H groups in total. The zero-order chi connectivity index (χ0) is 24.5. The Balaban J connectivity index is 1.36.